The molecule has 0 aliphatic carbocycles. The van der Waals surface area contributed by atoms with Crippen molar-refractivity contribution in [3.8, 4) is 0 Å². The highest BCUT2D eigenvalue weighted by Gasteiger charge is 2.14. The van der Waals surface area contributed by atoms with Crippen LogP contribution >= 0.6 is 0 Å². The first-order chi connectivity index (χ1) is 14.0. The molecule has 0 bridgehead atoms. The molecule has 3 aromatic heterocycles. The SMILES string of the molecule is CCc1ccc(Cn2nccc2NC(=O)c2cnc3c(cnn3C(C)C)c2)cc1. The number of carbonyl (C=O) groups is 1. The van der Waals surface area contributed by atoms with Crippen LogP contribution in [0.4, 0.5) is 5.82 Å². The van der Waals surface area contributed by atoms with Gasteiger partial charge in [-0.25, -0.2) is 14.3 Å². The highest BCUT2D eigenvalue weighted by atomic mass is 16.1. The van der Waals surface area contributed by atoms with E-state index in [1.807, 2.05) is 24.6 Å². The summed E-state index contributed by atoms with van der Waals surface area (Å²) in [7, 11) is 0. The number of fused-ring (bicyclic) bond motifs is 1. The Morgan fingerprint density at radius 1 is 1.07 bits per heavy atom. The van der Waals surface area contributed by atoms with Gasteiger partial charge in [0, 0.05) is 23.7 Å². The molecule has 1 aromatic carbocycles. The normalized spacial score (nSPS) is 11.3. The molecule has 0 fully saturated rings. The van der Waals surface area contributed by atoms with Crippen molar-refractivity contribution in [2.24, 2.45) is 0 Å². The summed E-state index contributed by atoms with van der Waals surface area (Å²) in [6.45, 7) is 6.82. The minimum atomic E-state index is -0.222. The smallest absolute Gasteiger partial charge is 0.258 e. The summed E-state index contributed by atoms with van der Waals surface area (Å²) in [5, 5.41) is 12.5. The molecular weight excluding hydrogens is 364 g/mol. The van der Waals surface area contributed by atoms with Gasteiger partial charge in [0.05, 0.1) is 24.5 Å². The molecule has 4 aromatic rings. The van der Waals surface area contributed by atoms with Gasteiger partial charge < -0.3 is 5.32 Å². The Hall–Kier alpha value is -3.48. The minimum absolute atomic E-state index is 0.209. The van der Waals surface area contributed by atoms with E-state index in [0.29, 0.717) is 17.9 Å². The third-order valence-corrected chi connectivity index (χ3v) is 4.91. The first-order valence-electron chi connectivity index (χ1n) is 9.79. The average Bonchev–Trinajstić information content (AvgIpc) is 3.35. The summed E-state index contributed by atoms with van der Waals surface area (Å²) < 4.78 is 3.62. The van der Waals surface area contributed by atoms with Crippen molar-refractivity contribution >= 4 is 22.8 Å². The quantitative estimate of drug-likeness (QED) is 0.540. The monoisotopic (exact) mass is 388 g/mol. The van der Waals surface area contributed by atoms with Crippen LogP contribution in [0.25, 0.3) is 11.0 Å². The van der Waals surface area contributed by atoms with Crippen LogP contribution in [0, 0.1) is 0 Å². The lowest BCUT2D eigenvalue weighted by Gasteiger charge is -2.10. The van der Waals surface area contributed by atoms with Gasteiger partial charge in [0.15, 0.2) is 5.65 Å². The summed E-state index contributed by atoms with van der Waals surface area (Å²) in [6, 6.07) is 12.2. The summed E-state index contributed by atoms with van der Waals surface area (Å²) in [4.78, 5) is 17.2. The standard InChI is InChI=1S/C22H24N6O/c1-4-16-5-7-17(8-6-16)14-27-20(9-10-24-27)26-22(29)19-11-18-13-25-28(15(2)3)21(18)23-12-19/h5-13,15H,4,14H2,1-3H3,(H,26,29). The van der Waals surface area contributed by atoms with E-state index in [0.717, 1.165) is 23.0 Å². The Morgan fingerprint density at radius 3 is 2.55 bits per heavy atom. The number of nitrogens with one attached hydrogen (secondary N) is 1. The fraction of sp³-hybridized carbons (Fsp3) is 0.273. The minimum Gasteiger partial charge on any atom is -0.307 e. The summed E-state index contributed by atoms with van der Waals surface area (Å²) in [5.41, 5.74) is 3.69. The van der Waals surface area contributed by atoms with Crippen LogP contribution in [0.15, 0.2) is 55.0 Å². The van der Waals surface area contributed by atoms with Crippen molar-refractivity contribution in [3.05, 3.63) is 71.7 Å². The number of benzene rings is 1. The Morgan fingerprint density at radius 2 is 1.83 bits per heavy atom. The van der Waals surface area contributed by atoms with Crippen molar-refractivity contribution in [3.63, 3.8) is 0 Å². The number of pyridine rings is 1. The van der Waals surface area contributed by atoms with Crippen LogP contribution in [0.2, 0.25) is 0 Å². The third kappa shape index (κ3) is 3.89. The number of amides is 1. The van der Waals surface area contributed by atoms with Crippen LogP contribution in [0.3, 0.4) is 0 Å². The van der Waals surface area contributed by atoms with Crippen molar-refractivity contribution in [2.45, 2.75) is 39.8 Å². The van der Waals surface area contributed by atoms with E-state index in [2.05, 4.69) is 51.7 Å². The van der Waals surface area contributed by atoms with Crippen LogP contribution in [0.1, 0.15) is 48.3 Å². The van der Waals surface area contributed by atoms with E-state index in [1.54, 1.807) is 29.3 Å². The molecule has 0 saturated heterocycles. The third-order valence-electron chi connectivity index (χ3n) is 4.91. The fourth-order valence-corrected chi connectivity index (χ4v) is 3.25. The average molecular weight is 388 g/mol. The van der Waals surface area contributed by atoms with Crippen molar-refractivity contribution in [2.75, 3.05) is 5.32 Å². The second-order valence-electron chi connectivity index (χ2n) is 7.32. The molecule has 1 N–H and O–H groups in total. The van der Waals surface area contributed by atoms with E-state index in [9.17, 15) is 4.79 Å². The van der Waals surface area contributed by atoms with Gasteiger partial charge in [0.25, 0.3) is 5.91 Å². The highest BCUT2D eigenvalue weighted by Crippen LogP contribution is 2.18. The van der Waals surface area contributed by atoms with Gasteiger partial charge >= 0.3 is 0 Å². The Bertz CT molecular complexity index is 1140. The number of anilines is 1. The van der Waals surface area contributed by atoms with Crippen LogP contribution in [-0.4, -0.2) is 30.5 Å². The zero-order valence-corrected chi connectivity index (χ0v) is 16.8. The van der Waals surface area contributed by atoms with Gasteiger partial charge in [-0.1, -0.05) is 31.2 Å². The molecule has 0 aliphatic rings. The second-order valence-corrected chi connectivity index (χ2v) is 7.32. The van der Waals surface area contributed by atoms with Gasteiger partial charge in [-0.05, 0) is 37.5 Å². The molecule has 0 aliphatic heterocycles. The second kappa shape index (κ2) is 7.87. The molecule has 0 saturated carbocycles. The molecule has 0 radical (unpaired) electrons. The van der Waals surface area contributed by atoms with E-state index in [4.69, 9.17) is 0 Å². The maximum absolute atomic E-state index is 12.8. The summed E-state index contributed by atoms with van der Waals surface area (Å²) >= 11 is 0. The number of rotatable bonds is 6. The Kier molecular flexibility index (Phi) is 5.12. The Labute approximate surface area is 169 Å². The number of aryl methyl sites for hydroxylation is 1. The van der Waals surface area contributed by atoms with E-state index < -0.39 is 0 Å². The zero-order chi connectivity index (χ0) is 20.4. The zero-order valence-electron chi connectivity index (χ0n) is 16.8. The molecule has 148 valence electrons. The van der Waals surface area contributed by atoms with Gasteiger partial charge in [0.1, 0.15) is 5.82 Å². The van der Waals surface area contributed by atoms with E-state index in [1.165, 1.54) is 5.56 Å². The molecule has 7 heteroatoms. The van der Waals surface area contributed by atoms with E-state index >= 15 is 0 Å². The maximum atomic E-state index is 12.8. The highest BCUT2D eigenvalue weighted by molar-refractivity contribution is 6.05. The molecular formula is C22H24N6O. The van der Waals surface area contributed by atoms with Crippen molar-refractivity contribution < 1.29 is 4.79 Å². The molecule has 7 nitrogen and oxygen atoms in total. The topological polar surface area (TPSA) is 77.6 Å². The lowest BCUT2D eigenvalue weighted by atomic mass is 10.1. The number of nitrogens with zero attached hydrogens (tertiary/aromatic N) is 5. The van der Waals surface area contributed by atoms with Gasteiger partial charge in [-0.2, -0.15) is 10.2 Å². The molecule has 0 spiro atoms. The van der Waals surface area contributed by atoms with Gasteiger partial charge in [0.2, 0.25) is 0 Å². The van der Waals surface area contributed by atoms with E-state index in [-0.39, 0.29) is 11.9 Å². The lowest BCUT2D eigenvalue weighted by Crippen LogP contribution is -2.16. The Balaban J connectivity index is 1.51. The summed E-state index contributed by atoms with van der Waals surface area (Å²) in [6.07, 6.45) is 6.02. The number of carbonyl (C=O) groups excluding carboxylic acids is 1. The molecule has 3 heterocycles. The first-order valence-corrected chi connectivity index (χ1v) is 9.79. The maximum Gasteiger partial charge on any atom is 0.258 e. The summed E-state index contributed by atoms with van der Waals surface area (Å²) in [5.74, 6) is 0.423. The number of hydrogen-bond acceptors (Lipinski definition) is 4. The van der Waals surface area contributed by atoms with Crippen molar-refractivity contribution in [1.82, 2.24) is 24.5 Å². The molecule has 29 heavy (non-hydrogen) atoms. The van der Waals surface area contributed by atoms with Gasteiger partial charge in [-0.3, -0.25) is 4.79 Å². The first kappa shape index (κ1) is 18.9. The molecule has 0 unspecified atom stereocenters. The van der Waals surface area contributed by atoms with Crippen LogP contribution in [-0.2, 0) is 13.0 Å². The largest absolute Gasteiger partial charge is 0.307 e. The molecule has 0 atom stereocenters. The predicted molar refractivity (Wildman–Crippen MR) is 113 cm³/mol. The number of hydrogen-bond donors (Lipinski definition) is 1. The van der Waals surface area contributed by atoms with Crippen LogP contribution < -0.4 is 5.32 Å². The molecule has 4 rings (SSSR count). The van der Waals surface area contributed by atoms with Crippen molar-refractivity contribution in [1.29, 1.82) is 0 Å². The van der Waals surface area contributed by atoms with Gasteiger partial charge in [-0.15, -0.1) is 0 Å². The predicted octanol–water partition coefficient (Wildman–Crippen LogP) is 4.07. The number of aromatic nitrogens is 5. The fourth-order valence-electron chi connectivity index (χ4n) is 3.25. The molecule has 1 amide bonds. The lowest BCUT2D eigenvalue weighted by molar-refractivity contribution is 0.102. The van der Waals surface area contributed by atoms with Crippen LogP contribution in [0.5, 0.6) is 0 Å².